The van der Waals surface area contributed by atoms with Crippen LogP contribution in [-0.4, -0.2) is 12.5 Å². The average molecular weight is 270 g/mol. The third-order valence-electron chi connectivity index (χ3n) is 3.43. The first-order chi connectivity index (χ1) is 9.74. The third kappa shape index (κ3) is 2.50. The smallest absolute Gasteiger partial charge is 0.255 e. The van der Waals surface area contributed by atoms with Gasteiger partial charge in [0, 0.05) is 23.5 Å². The van der Waals surface area contributed by atoms with Gasteiger partial charge in [-0.1, -0.05) is 12.1 Å². The van der Waals surface area contributed by atoms with Crippen molar-refractivity contribution < 1.29 is 9.18 Å². The molecule has 3 rings (SSSR count). The lowest BCUT2D eigenvalue weighted by Crippen LogP contribution is -2.17. The van der Waals surface area contributed by atoms with E-state index in [1.807, 2.05) is 18.2 Å². The summed E-state index contributed by atoms with van der Waals surface area (Å²) in [6.07, 6.45) is 1.97. The third-order valence-corrected chi connectivity index (χ3v) is 3.43. The fourth-order valence-electron chi connectivity index (χ4n) is 2.45. The van der Waals surface area contributed by atoms with Crippen LogP contribution in [0.5, 0.6) is 0 Å². The van der Waals surface area contributed by atoms with Gasteiger partial charge in [0.25, 0.3) is 5.91 Å². The quantitative estimate of drug-likeness (QED) is 0.877. The van der Waals surface area contributed by atoms with Gasteiger partial charge in [-0.25, -0.2) is 4.39 Å². The molecule has 102 valence electrons. The molecule has 0 saturated heterocycles. The molecule has 0 fully saturated rings. The molecule has 4 heteroatoms. The van der Waals surface area contributed by atoms with E-state index in [1.165, 1.54) is 18.2 Å². The zero-order valence-electron chi connectivity index (χ0n) is 10.9. The number of carbonyl (C=O) groups excluding carboxylic acids is 1. The van der Waals surface area contributed by atoms with Crippen LogP contribution in [-0.2, 0) is 6.42 Å². The van der Waals surface area contributed by atoms with Crippen molar-refractivity contribution in [1.29, 1.82) is 0 Å². The Kier molecular flexibility index (Phi) is 3.37. The van der Waals surface area contributed by atoms with Crippen molar-refractivity contribution in [2.24, 2.45) is 0 Å². The summed E-state index contributed by atoms with van der Waals surface area (Å²) in [7, 11) is 0. The number of benzene rings is 2. The fraction of sp³-hybridized carbons (Fsp3) is 0.188. The lowest BCUT2D eigenvalue weighted by Gasteiger charge is -2.21. The van der Waals surface area contributed by atoms with E-state index < -0.39 is 5.82 Å². The highest BCUT2D eigenvalue weighted by Gasteiger charge is 2.15. The molecule has 0 atom stereocenters. The van der Waals surface area contributed by atoms with E-state index in [2.05, 4.69) is 10.6 Å². The number of hydrogen-bond acceptors (Lipinski definition) is 2. The number of anilines is 2. The van der Waals surface area contributed by atoms with E-state index >= 15 is 0 Å². The summed E-state index contributed by atoms with van der Waals surface area (Å²) >= 11 is 0. The van der Waals surface area contributed by atoms with Crippen LogP contribution >= 0.6 is 0 Å². The first-order valence-corrected chi connectivity index (χ1v) is 6.67. The molecule has 1 aliphatic heterocycles. The van der Waals surface area contributed by atoms with E-state index in [0.29, 0.717) is 5.56 Å². The molecule has 0 bridgehead atoms. The molecule has 2 aromatic carbocycles. The summed E-state index contributed by atoms with van der Waals surface area (Å²) in [6.45, 7) is 0.953. The number of fused-ring (bicyclic) bond motifs is 1. The van der Waals surface area contributed by atoms with Crippen LogP contribution in [0, 0.1) is 5.82 Å². The Morgan fingerprint density at radius 3 is 2.90 bits per heavy atom. The van der Waals surface area contributed by atoms with Gasteiger partial charge in [0.2, 0.25) is 0 Å². The number of carbonyl (C=O) groups is 1. The highest BCUT2D eigenvalue weighted by atomic mass is 19.1. The van der Waals surface area contributed by atoms with Gasteiger partial charge >= 0.3 is 0 Å². The van der Waals surface area contributed by atoms with Gasteiger partial charge in [0.15, 0.2) is 0 Å². The summed E-state index contributed by atoms with van der Waals surface area (Å²) in [6, 6.07) is 11.5. The van der Waals surface area contributed by atoms with Crippen molar-refractivity contribution in [1.82, 2.24) is 0 Å². The van der Waals surface area contributed by atoms with Crippen molar-refractivity contribution in [2.75, 3.05) is 17.2 Å². The van der Waals surface area contributed by atoms with Crippen molar-refractivity contribution >= 4 is 17.3 Å². The molecule has 20 heavy (non-hydrogen) atoms. The molecular formula is C16H15FN2O. The minimum atomic E-state index is -0.408. The average Bonchev–Trinajstić information content (AvgIpc) is 2.47. The predicted molar refractivity (Wildman–Crippen MR) is 77.6 cm³/mol. The van der Waals surface area contributed by atoms with Crippen LogP contribution in [0.1, 0.15) is 22.3 Å². The van der Waals surface area contributed by atoms with Gasteiger partial charge in [-0.15, -0.1) is 0 Å². The minimum absolute atomic E-state index is 0.288. The molecular weight excluding hydrogens is 255 g/mol. The summed E-state index contributed by atoms with van der Waals surface area (Å²) in [5.41, 5.74) is 3.30. The predicted octanol–water partition coefficient (Wildman–Crippen LogP) is 3.44. The van der Waals surface area contributed by atoms with E-state index in [0.717, 1.165) is 36.3 Å². The second-order valence-corrected chi connectivity index (χ2v) is 4.83. The molecule has 0 unspecified atom stereocenters. The lowest BCUT2D eigenvalue weighted by atomic mass is 10.0. The molecule has 2 N–H and O–H groups in total. The van der Waals surface area contributed by atoms with Gasteiger partial charge in [-0.3, -0.25) is 4.79 Å². The van der Waals surface area contributed by atoms with Gasteiger partial charge in [0.05, 0.1) is 0 Å². The van der Waals surface area contributed by atoms with Crippen LogP contribution in [0.4, 0.5) is 15.8 Å². The Morgan fingerprint density at radius 1 is 1.20 bits per heavy atom. The highest BCUT2D eigenvalue weighted by molar-refractivity contribution is 6.05. The maximum Gasteiger partial charge on any atom is 0.255 e. The Bertz CT molecular complexity index is 655. The van der Waals surface area contributed by atoms with Crippen LogP contribution in [0.3, 0.4) is 0 Å². The molecule has 3 nitrogen and oxygen atoms in total. The Morgan fingerprint density at radius 2 is 2.05 bits per heavy atom. The van der Waals surface area contributed by atoms with Crippen LogP contribution in [0.2, 0.25) is 0 Å². The monoisotopic (exact) mass is 270 g/mol. The van der Waals surface area contributed by atoms with Gasteiger partial charge < -0.3 is 10.6 Å². The Labute approximate surface area is 116 Å². The summed E-state index contributed by atoms with van der Waals surface area (Å²) in [5, 5.41) is 6.18. The molecule has 1 amide bonds. The first kappa shape index (κ1) is 12.7. The van der Waals surface area contributed by atoms with Crippen molar-refractivity contribution in [2.45, 2.75) is 12.8 Å². The summed E-state index contributed by atoms with van der Waals surface area (Å²) in [5.74, 6) is -0.696. The highest BCUT2D eigenvalue weighted by Crippen LogP contribution is 2.29. The molecule has 1 heterocycles. The minimum Gasteiger partial charge on any atom is -0.385 e. The molecule has 2 aromatic rings. The molecule has 0 radical (unpaired) electrons. The summed E-state index contributed by atoms with van der Waals surface area (Å²) in [4.78, 5) is 12.2. The topological polar surface area (TPSA) is 41.1 Å². The zero-order chi connectivity index (χ0) is 13.9. The molecule has 0 spiro atoms. The largest absolute Gasteiger partial charge is 0.385 e. The zero-order valence-corrected chi connectivity index (χ0v) is 10.9. The number of halogens is 1. The number of hydrogen-bond donors (Lipinski definition) is 2. The number of rotatable bonds is 2. The maximum atomic E-state index is 13.1. The second kappa shape index (κ2) is 5.33. The SMILES string of the molecule is O=C(Nc1cccc2c1CCCN2)c1cccc(F)c1. The second-order valence-electron chi connectivity index (χ2n) is 4.83. The normalized spacial score (nSPS) is 13.2. The molecule has 0 saturated carbocycles. The van der Waals surface area contributed by atoms with E-state index in [-0.39, 0.29) is 5.91 Å². The first-order valence-electron chi connectivity index (χ1n) is 6.67. The van der Waals surface area contributed by atoms with Gasteiger partial charge in [0.1, 0.15) is 5.82 Å². The van der Waals surface area contributed by atoms with Crippen molar-refractivity contribution in [3.63, 3.8) is 0 Å². The van der Waals surface area contributed by atoms with Crippen LogP contribution < -0.4 is 10.6 Å². The molecule has 0 aromatic heterocycles. The fourth-order valence-corrected chi connectivity index (χ4v) is 2.45. The Balaban J connectivity index is 1.86. The van der Waals surface area contributed by atoms with E-state index in [4.69, 9.17) is 0 Å². The van der Waals surface area contributed by atoms with Crippen molar-refractivity contribution in [3.8, 4) is 0 Å². The number of amides is 1. The summed E-state index contributed by atoms with van der Waals surface area (Å²) < 4.78 is 13.1. The van der Waals surface area contributed by atoms with Crippen molar-refractivity contribution in [3.05, 3.63) is 59.4 Å². The van der Waals surface area contributed by atoms with Gasteiger partial charge in [-0.05, 0) is 48.7 Å². The Hall–Kier alpha value is -2.36. The molecule has 1 aliphatic rings. The van der Waals surface area contributed by atoms with Crippen LogP contribution in [0.15, 0.2) is 42.5 Å². The maximum absolute atomic E-state index is 13.1. The van der Waals surface area contributed by atoms with E-state index in [9.17, 15) is 9.18 Å². The standard InChI is InChI=1S/C16H15FN2O/c17-12-5-1-4-11(10-12)16(20)19-15-8-2-7-14-13(15)6-3-9-18-14/h1-2,4-5,7-8,10,18H,3,6,9H2,(H,19,20). The molecule has 0 aliphatic carbocycles. The van der Waals surface area contributed by atoms with Crippen LogP contribution in [0.25, 0.3) is 0 Å². The number of nitrogens with one attached hydrogen (secondary N) is 2. The van der Waals surface area contributed by atoms with Gasteiger partial charge in [-0.2, -0.15) is 0 Å². The van der Waals surface area contributed by atoms with E-state index in [1.54, 1.807) is 6.07 Å². The lowest BCUT2D eigenvalue weighted by molar-refractivity contribution is 0.102.